The minimum Gasteiger partial charge on any atom is -0.497 e. The van der Waals surface area contributed by atoms with Crippen LogP contribution in [0, 0.1) is 0 Å². The minimum absolute atomic E-state index is 0.178. The lowest BCUT2D eigenvalue weighted by Gasteiger charge is -2.32. The van der Waals surface area contributed by atoms with Crippen molar-refractivity contribution in [2.24, 2.45) is 5.73 Å². The molecule has 0 unspecified atom stereocenters. The molecule has 1 aliphatic rings. The van der Waals surface area contributed by atoms with Gasteiger partial charge in [-0.2, -0.15) is 0 Å². The number of carbonyl (C=O) groups is 2. The lowest BCUT2D eigenvalue weighted by molar-refractivity contribution is -0.118. The third-order valence-corrected chi connectivity index (χ3v) is 4.96. The Kier molecular flexibility index (Phi) is 6.02. The van der Waals surface area contributed by atoms with Crippen molar-refractivity contribution in [1.82, 2.24) is 5.32 Å². The molecule has 7 nitrogen and oxygen atoms in total. The number of carbonyl (C=O) groups excluding carboxylic acids is 2. The van der Waals surface area contributed by atoms with Gasteiger partial charge in [0.2, 0.25) is 11.8 Å². The van der Waals surface area contributed by atoms with Crippen molar-refractivity contribution in [3.63, 3.8) is 0 Å². The van der Waals surface area contributed by atoms with E-state index in [2.05, 4.69) is 5.32 Å². The summed E-state index contributed by atoms with van der Waals surface area (Å²) < 4.78 is 17.4. The maximum Gasteiger partial charge on any atom is 0.492 e. The zero-order valence-corrected chi connectivity index (χ0v) is 16.7. The van der Waals surface area contributed by atoms with E-state index in [1.165, 1.54) is 14.0 Å². The number of rotatable bonds is 6. The summed E-state index contributed by atoms with van der Waals surface area (Å²) >= 11 is 0. The number of ether oxygens (including phenoxy) is 1. The van der Waals surface area contributed by atoms with E-state index in [0.717, 1.165) is 0 Å². The van der Waals surface area contributed by atoms with E-state index in [1.807, 2.05) is 27.7 Å². The first kappa shape index (κ1) is 21.0. The Bertz CT molecular complexity index is 757. The van der Waals surface area contributed by atoms with Crippen molar-refractivity contribution >= 4 is 25.0 Å². The molecule has 0 atom stereocenters. The van der Waals surface area contributed by atoms with Gasteiger partial charge in [0.25, 0.3) is 0 Å². The molecule has 27 heavy (non-hydrogen) atoms. The van der Waals surface area contributed by atoms with Gasteiger partial charge in [0.05, 0.1) is 18.3 Å². The summed E-state index contributed by atoms with van der Waals surface area (Å²) in [7, 11) is 0.854. The largest absolute Gasteiger partial charge is 0.497 e. The van der Waals surface area contributed by atoms with Crippen LogP contribution in [-0.2, 0) is 14.1 Å². The van der Waals surface area contributed by atoms with Gasteiger partial charge in [0, 0.05) is 19.0 Å². The first-order valence-electron chi connectivity index (χ1n) is 8.75. The predicted octanol–water partition coefficient (Wildman–Crippen LogP) is 1.94. The van der Waals surface area contributed by atoms with Gasteiger partial charge in [-0.3, -0.25) is 9.59 Å². The summed E-state index contributed by atoms with van der Waals surface area (Å²) in [6.45, 7) is 9.45. The van der Waals surface area contributed by atoms with Crippen LogP contribution in [0.4, 0.5) is 0 Å². The Morgan fingerprint density at radius 3 is 2.30 bits per heavy atom. The van der Waals surface area contributed by atoms with Crippen LogP contribution in [0.5, 0.6) is 5.75 Å². The summed E-state index contributed by atoms with van der Waals surface area (Å²) in [5.74, 6) is -0.227. The number of nitrogens with two attached hydrogens (primary N) is 1. The first-order valence-corrected chi connectivity index (χ1v) is 8.75. The molecule has 1 heterocycles. The van der Waals surface area contributed by atoms with E-state index in [1.54, 1.807) is 24.3 Å². The van der Waals surface area contributed by atoms with E-state index >= 15 is 0 Å². The van der Waals surface area contributed by atoms with Crippen molar-refractivity contribution < 1.29 is 23.6 Å². The molecule has 1 saturated heterocycles. The molecule has 0 spiro atoms. The van der Waals surface area contributed by atoms with E-state index < -0.39 is 24.2 Å². The highest BCUT2D eigenvalue weighted by molar-refractivity contribution is 6.56. The van der Waals surface area contributed by atoms with Crippen LogP contribution >= 0.6 is 0 Å². The molecule has 3 N–H and O–H groups in total. The topological polar surface area (TPSA) is 99.9 Å². The lowest BCUT2D eigenvalue weighted by atomic mass is 9.76. The normalized spacial score (nSPS) is 18.3. The van der Waals surface area contributed by atoms with Crippen molar-refractivity contribution in [2.75, 3.05) is 13.7 Å². The molecule has 0 radical (unpaired) electrons. The molecule has 8 heteroatoms. The Morgan fingerprint density at radius 2 is 1.81 bits per heavy atom. The Balaban J connectivity index is 2.46. The van der Waals surface area contributed by atoms with Gasteiger partial charge < -0.3 is 25.1 Å². The van der Waals surface area contributed by atoms with Gasteiger partial charge in [0.1, 0.15) is 5.75 Å². The molecule has 1 aliphatic heterocycles. The number of benzene rings is 1. The van der Waals surface area contributed by atoms with Crippen LogP contribution in [0.2, 0.25) is 0 Å². The smallest absolute Gasteiger partial charge is 0.492 e. The molecule has 1 fully saturated rings. The lowest BCUT2D eigenvalue weighted by Crippen LogP contribution is -2.41. The Hall–Kier alpha value is -2.32. The van der Waals surface area contributed by atoms with Crippen LogP contribution in [0.3, 0.4) is 0 Å². The predicted molar refractivity (Wildman–Crippen MR) is 104 cm³/mol. The van der Waals surface area contributed by atoms with Gasteiger partial charge in [-0.25, -0.2) is 0 Å². The molecule has 0 bridgehead atoms. The monoisotopic (exact) mass is 374 g/mol. The molecular formula is C19H27BN2O5. The standard InChI is InChI=1S/C19H27BN2O5/c1-12(23)22-11-14(20-26-18(2,3)19(4,5)27-20)9-13-7-8-15(25-6)10-16(13)17(21)24/h7-10H,11H2,1-6H3,(H2,21,24)(H,22,23). The van der Waals surface area contributed by atoms with Gasteiger partial charge in [-0.05, 0) is 50.9 Å². The second-order valence-electron chi connectivity index (χ2n) is 7.53. The molecule has 1 aromatic rings. The van der Waals surface area contributed by atoms with Gasteiger partial charge in [-0.15, -0.1) is 0 Å². The third kappa shape index (κ3) is 4.70. The molecule has 2 amide bonds. The van der Waals surface area contributed by atoms with Gasteiger partial charge >= 0.3 is 7.12 Å². The van der Waals surface area contributed by atoms with E-state index in [4.69, 9.17) is 19.8 Å². The van der Waals surface area contributed by atoms with E-state index in [-0.39, 0.29) is 12.5 Å². The SMILES string of the molecule is COc1ccc(C=C(CNC(C)=O)B2OC(C)(C)C(C)(C)O2)c(C(N)=O)c1. The second-order valence-corrected chi connectivity index (χ2v) is 7.53. The molecule has 1 aromatic carbocycles. The Morgan fingerprint density at radius 1 is 1.22 bits per heavy atom. The molecular weight excluding hydrogens is 347 g/mol. The van der Waals surface area contributed by atoms with Crippen LogP contribution in [0.25, 0.3) is 6.08 Å². The molecule has 0 aliphatic carbocycles. The van der Waals surface area contributed by atoms with Crippen LogP contribution in [-0.4, -0.2) is 43.8 Å². The maximum absolute atomic E-state index is 11.9. The number of amides is 2. The highest BCUT2D eigenvalue weighted by atomic mass is 16.7. The summed E-state index contributed by atoms with van der Waals surface area (Å²) in [5.41, 5.74) is 6.05. The van der Waals surface area contributed by atoms with Crippen molar-refractivity contribution in [3.8, 4) is 5.75 Å². The second kappa shape index (κ2) is 7.74. The fraction of sp³-hybridized carbons (Fsp3) is 0.474. The summed E-state index contributed by atoms with van der Waals surface area (Å²) in [6, 6.07) is 5.05. The number of methoxy groups -OCH3 is 1. The Labute approximate surface area is 160 Å². The fourth-order valence-electron chi connectivity index (χ4n) is 2.62. The zero-order valence-electron chi connectivity index (χ0n) is 16.7. The third-order valence-electron chi connectivity index (χ3n) is 4.96. The highest BCUT2D eigenvalue weighted by Crippen LogP contribution is 2.39. The van der Waals surface area contributed by atoms with Gasteiger partial charge in [0.15, 0.2) is 0 Å². The molecule has 146 valence electrons. The number of hydrogen-bond donors (Lipinski definition) is 2. The average molecular weight is 374 g/mol. The number of hydrogen-bond acceptors (Lipinski definition) is 5. The highest BCUT2D eigenvalue weighted by Gasteiger charge is 2.52. The molecule has 0 saturated carbocycles. The summed E-state index contributed by atoms with van der Waals surface area (Å²) in [5, 5.41) is 2.76. The quantitative estimate of drug-likeness (QED) is 0.742. The first-order chi connectivity index (χ1) is 12.5. The van der Waals surface area contributed by atoms with Crippen molar-refractivity contribution in [3.05, 3.63) is 34.8 Å². The van der Waals surface area contributed by atoms with Crippen molar-refractivity contribution in [1.29, 1.82) is 0 Å². The number of nitrogens with one attached hydrogen (secondary N) is 1. The number of primary amides is 1. The van der Waals surface area contributed by atoms with Crippen LogP contribution in [0.15, 0.2) is 23.7 Å². The van der Waals surface area contributed by atoms with Crippen molar-refractivity contribution in [2.45, 2.75) is 45.8 Å². The summed E-state index contributed by atoms with van der Waals surface area (Å²) in [6.07, 6.45) is 1.76. The maximum atomic E-state index is 11.9. The minimum atomic E-state index is -0.662. The zero-order chi connectivity index (χ0) is 20.4. The molecule has 0 aromatic heterocycles. The summed E-state index contributed by atoms with van der Waals surface area (Å²) in [4.78, 5) is 23.3. The fourth-order valence-corrected chi connectivity index (χ4v) is 2.62. The average Bonchev–Trinajstić information content (AvgIpc) is 2.78. The van der Waals surface area contributed by atoms with Crippen LogP contribution in [0.1, 0.15) is 50.5 Å². The molecule has 2 rings (SSSR count). The van der Waals surface area contributed by atoms with Crippen LogP contribution < -0.4 is 15.8 Å². The van der Waals surface area contributed by atoms with E-state index in [9.17, 15) is 9.59 Å². The van der Waals surface area contributed by atoms with Gasteiger partial charge in [-0.1, -0.05) is 12.1 Å². The van der Waals surface area contributed by atoms with E-state index in [0.29, 0.717) is 22.3 Å².